The van der Waals surface area contributed by atoms with Gasteiger partial charge in [-0.3, -0.25) is 4.79 Å². The Kier molecular flexibility index (Phi) is 8.16. The maximum Gasteiger partial charge on any atom is 0.224 e. The standard InChI is InChI=1S/C18H35N3O3S/c1-3-14-25(23,24)21-11-4-6-17(15-21)18(22)19-9-5-10-20-12-7-16(2)8-13-20/h16-17H,3-15H2,1-2H3,(H,19,22). The van der Waals surface area contributed by atoms with Crippen molar-refractivity contribution < 1.29 is 13.2 Å². The van der Waals surface area contributed by atoms with E-state index in [4.69, 9.17) is 0 Å². The molecule has 0 aromatic carbocycles. The first kappa shape index (κ1) is 20.6. The Bertz CT molecular complexity index is 516. The van der Waals surface area contributed by atoms with E-state index in [0.717, 1.165) is 31.7 Å². The molecule has 0 bridgehead atoms. The molecule has 0 spiro atoms. The molecular formula is C18H35N3O3S. The van der Waals surface area contributed by atoms with Gasteiger partial charge in [-0.15, -0.1) is 0 Å². The van der Waals surface area contributed by atoms with E-state index in [2.05, 4.69) is 17.1 Å². The Balaban J connectivity index is 1.68. The van der Waals surface area contributed by atoms with Gasteiger partial charge in [-0.1, -0.05) is 13.8 Å². The number of carbonyl (C=O) groups excluding carboxylic acids is 1. The van der Waals surface area contributed by atoms with Gasteiger partial charge < -0.3 is 10.2 Å². The molecule has 2 aliphatic rings. The van der Waals surface area contributed by atoms with Crippen LogP contribution in [0, 0.1) is 11.8 Å². The van der Waals surface area contributed by atoms with Gasteiger partial charge in [-0.05, 0) is 64.1 Å². The Morgan fingerprint density at radius 3 is 2.56 bits per heavy atom. The second-order valence-electron chi connectivity index (χ2n) is 7.68. The Labute approximate surface area is 153 Å². The largest absolute Gasteiger partial charge is 0.356 e. The van der Waals surface area contributed by atoms with Crippen LogP contribution in [0.15, 0.2) is 0 Å². The molecule has 2 rings (SSSR count). The molecule has 1 N–H and O–H groups in total. The van der Waals surface area contributed by atoms with E-state index in [1.54, 1.807) is 0 Å². The Morgan fingerprint density at radius 2 is 1.88 bits per heavy atom. The molecule has 25 heavy (non-hydrogen) atoms. The molecule has 0 aliphatic carbocycles. The van der Waals surface area contributed by atoms with E-state index in [1.165, 1.54) is 30.2 Å². The van der Waals surface area contributed by atoms with Gasteiger partial charge in [0.05, 0.1) is 11.7 Å². The highest BCUT2D eigenvalue weighted by atomic mass is 32.2. The summed E-state index contributed by atoms with van der Waals surface area (Å²) in [6, 6.07) is 0. The van der Waals surface area contributed by atoms with Gasteiger partial charge in [0.2, 0.25) is 15.9 Å². The number of carbonyl (C=O) groups is 1. The van der Waals surface area contributed by atoms with Crippen LogP contribution in [0.2, 0.25) is 0 Å². The van der Waals surface area contributed by atoms with Gasteiger partial charge in [-0.2, -0.15) is 0 Å². The van der Waals surface area contributed by atoms with Gasteiger partial charge in [0, 0.05) is 19.6 Å². The number of piperidine rings is 2. The first-order valence-corrected chi connectivity index (χ1v) is 11.5. The highest BCUT2D eigenvalue weighted by molar-refractivity contribution is 7.89. The molecule has 2 saturated heterocycles. The van der Waals surface area contributed by atoms with E-state index in [-0.39, 0.29) is 17.6 Å². The van der Waals surface area contributed by atoms with Crippen molar-refractivity contribution in [2.75, 3.05) is 45.0 Å². The summed E-state index contributed by atoms with van der Waals surface area (Å²) >= 11 is 0. The molecule has 0 aromatic rings. The normalized spacial score (nSPS) is 24.3. The van der Waals surface area contributed by atoms with Crippen LogP contribution in [0.5, 0.6) is 0 Å². The predicted octanol–water partition coefficient (Wildman–Crippen LogP) is 1.68. The lowest BCUT2D eigenvalue weighted by Crippen LogP contribution is -2.46. The quantitative estimate of drug-likeness (QED) is 0.657. The summed E-state index contributed by atoms with van der Waals surface area (Å²) in [5.74, 6) is 0.838. The zero-order valence-electron chi connectivity index (χ0n) is 15.9. The summed E-state index contributed by atoms with van der Waals surface area (Å²) in [5, 5.41) is 3.02. The van der Waals surface area contributed by atoms with Crippen LogP contribution in [0.3, 0.4) is 0 Å². The lowest BCUT2D eigenvalue weighted by molar-refractivity contribution is -0.126. The Hall–Kier alpha value is -0.660. The van der Waals surface area contributed by atoms with Crippen molar-refractivity contribution in [1.82, 2.24) is 14.5 Å². The van der Waals surface area contributed by atoms with E-state index in [0.29, 0.717) is 26.1 Å². The van der Waals surface area contributed by atoms with Crippen molar-refractivity contribution in [2.24, 2.45) is 11.8 Å². The van der Waals surface area contributed by atoms with Crippen LogP contribution in [-0.2, 0) is 14.8 Å². The SMILES string of the molecule is CCCS(=O)(=O)N1CCCC(C(=O)NCCCN2CCC(C)CC2)C1. The van der Waals surface area contributed by atoms with Crippen LogP contribution in [0.1, 0.15) is 52.4 Å². The average Bonchev–Trinajstić information content (AvgIpc) is 2.60. The van der Waals surface area contributed by atoms with Crippen molar-refractivity contribution in [3.05, 3.63) is 0 Å². The molecule has 1 amide bonds. The van der Waals surface area contributed by atoms with Crippen molar-refractivity contribution in [1.29, 1.82) is 0 Å². The molecule has 146 valence electrons. The number of nitrogens with zero attached hydrogens (tertiary/aromatic N) is 2. The highest BCUT2D eigenvalue weighted by Crippen LogP contribution is 2.20. The zero-order valence-corrected chi connectivity index (χ0v) is 16.7. The van der Waals surface area contributed by atoms with Crippen LogP contribution in [-0.4, -0.2) is 68.6 Å². The van der Waals surface area contributed by atoms with E-state index in [9.17, 15) is 13.2 Å². The third-order valence-corrected chi connectivity index (χ3v) is 7.48. The van der Waals surface area contributed by atoms with Gasteiger partial charge in [0.15, 0.2) is 0 Å². The van der Waals surface area contributed by atoms with Crippen molar-refractivity contribution in [3.8, 4) is 0 Å². The summed E-state index contributed by atoms with van der Waals surface area (Å²) in [6.07, 6.45) is 5.68. The monoisotopic (exact) mass is 373 g/mol. The summed E-state index contributed by atoms with van der Waals surface area (Å²) in [7, 11) is -3.20. The van der Waals surface area contributed by atoms with Gasteiger partial charge in [0.25, 0.3) is 0 Å². The molecule has 1 unspecified atom stereocenters. The van der Waals surface area contributed by atoms with Gasteiger partial charge in [-0.25, -0.2) is 12.7 Å². The fourth-order valence-corrected chi connectivity index (χ4v) is 5.33. The van der Waals surface area contributed by atoms with Crippen molar-refractivity contribution in [3.63, 3.8) is 0 Å². The highest BCUT2D eigenvalue weighted by Gasteiger charge is 2.31. The molecular weight excluding hydrogens is 338 g/mol. The second-order valence-corrected chi connectivity index (χ2v) is 9.77. The minimum Gasteiger partial charge on any atom is -0.356 e. The maximum atomic E-state index is 12.4. The van der Waals surface area contributed by atoms with Gasteiger partial charge in [0.1, 0.15) is 0 Å². The molecule has 0 radical (unpaired) electrons. The number of amides is 1. The minimum absolute atomic E-state index is 0.0173. The minimum atomic E-state index is -3.20. The number of hydrogen-bond donors (Lipinski definition) is 1. The van der Waals surface area contributed by atoms with E-state index >= 15 is 0 Å². The summed E-state index contributed by atoms with van der Waals surface area (Å²) in [4.78, 5) is 14.9. The lowest BCUT2D eigenvalue weighted by atomic mass is 9.98. The summed E-state index contributed by atoms with van der Waals surface area (Å²) in [5.41, 5.74) is 0. The topological polar surface area (TPSA) is 69.7 Å². The fourth-order valence-electron chi connectivity index (χ4n) is 3.74. The number of hydrogen-bond acceptors (Lipinski definition) is 4. The first-order chi connectivity index (χ1) is 11.9. The molecule has 0 saturated carbocycles. The van der Waals surface area contributed by atoms with Crippen LogP contribution >= 0.6 is 0 Å². The molecule has 7 heteroatoms. The lowest BCUT2D eigenvalue weighted by Gasteiger charge is -2.31. The van der Waals surface area contributed by atoms with Crippen molar-refractivity contribution in [2.45, 2.75) is 52.4 Å². The number of sulfonamides is 1. The zero-order chi connectivity index (χ0) is 18.3. The average molecular weight is 374 g/mol. The summed E-state index contributed by atoms with van der Waals surface area (Å²) in [6.45, 7) is 9.14. The molecule has 6 nitrogen and oxygen atoms in total. The van der Waals surface area contributed by atoms with Crippen LogP contribution in [0.4, 0.5) is 0 Å². The first-order valence-electron chi connectivity index (χ1n) is 9.90. The Morgan fingerprint density at radius 1 is 1.16 bits per heavy atom. The van der Waals surface area contributed by atoms with Gasteiger partial charge >= 0.3 is 0 Å². The van der Waals surface area contributed by atoms with Crippen LogP contribution < -0.4 is 5.32 Å². The molecule has 2 heterocycles. The van der Waals surface area contributed by atoms with E-state index in [1.807, 2.05) is 6.92 Å². The smallest absolute Gasteiger partial charge is 0.224 e. The van der Waals surface area contributed by atoms with Crippen LogP contribution in [0.25, 0.3) is 0 Å². The predicted molar refractivity (Wildman–Crippen MR) is 101 cm³/mol. The molecule has 2 fully saturated rings. The van der Waals surface area contributed by atoms with E-state index < -0.39 is 10.0 Å². The van der Waals surface area contributed by atoms with Crippen molar-refractivity contribution >= 4 is 15.9 Å². The fraction of sp³-hybridized carbons (Fsp3) is 0.944. The molecule has 1 atom stereocenters. The third-order valence-electron chi connectivity index (χ3n) is 5.44. The molecule has 2 aliphatic heterocycles. The maximum absolute atomic E-state index is 12.4. The number of nitrogens with one attached hydrogen (secondary N) is 1. The number of rotatable bonds is 8. The second kappa shape index (κ2) is 9.88. The summed E-state index contributed by atoms with van der Waals surface area (Å²) < 4.78 is 25.9. The third kappa shape index (κ3) is 6.53. The number of likely N-dealkylation sites (tertiary alicyclic amines) is 1. The molecule has 0 aromatic heterocycles.